The molecule has 1 aromatic carbocycles. The Balaban J connectivity index is 2.16. The topological polar surface area (TPSA) is 87.3 Å². The van der Waals surface area contributed by atoms with Crippen molar-refractivity contribution in [1.82, 2.24) is 5.32 Å². The van der Waals surface area contributed by atoms with Crippen molar-refractivity contribution >= 4 is 62.0 Å². The van der Waals surface area contributed by atoms with Crippen molar-refractivity contribution in [2.75, 3.05) is 17.1 Å². The second kappa shape index (κ2) is 6.74. The van der Waals surface area contributed by atoms with Crippen LogP contribution >= 0.6 is 34.5 Å². The minimum atomic E-state index is -3.82. The van der Waals surface area contributed by atoms with E-state index < -0.39 is 10.0 Å². The SMILES string of the molecule is CNC(=O)Nc1ccc(NS(=O)(=O)c2cc(Cl)sc2Cl)cc1. The van der Waals surface area contributed by atoms with Gasteiger partial charge in [-0.3, -0.25) is 4.72 Å². The Morgan fingerprint density at radius 3 is 2.23 bits per heavy atom. The molecule has 0 saturated carbocycles. The zero-order chi connectivity index (χ0) is 16.3. The summed E-state index contributed by atoms with van der Waals surface area (Å²) in [4.78, 5) is 11.1. The third-order valence-corrected chi connectivity index (χ3v) is 5.67. The number of thiophene rings is 1. The van der Waals surface area contributed by atoms with Crippen LogP contribution in [0.4, 0.5) is 16.2 Å². The fourth-order valence-corrected chi connectivity index (χ4v) is 4.74. The standard InChI is InChI=1S/C12H11Cl2N3O3S2/c1-15-12(18)16-7-2-4-8(5-3-7)17-22(19,20)9-6-10(13)21-11(9)14/h2-6,17H,1H3,(H2,15,16,18). The van der Waals surface area contributed by atoms with Gasteiger partial charge < -0.3 is 10.6 Å². The van der Waals surface area contributed by atoms with E-state index in [1.807, 2.05) is 0 Å². The Hall–Kier alpha value is -1.48. The number of hydrogen-bond donors (Lipinski definition) is 3. The van der Waals surface area contributed by atoms with E-state index in [-0.39, 0.29) is 19.6 Å². The molecular weight excluding hydrogens is 369 g/mol. The summed E-state index contributed by atoms with van der Waals surface area (Å²) in [6.07, 6.45) is 0. The Morgan fingerprint density at radius 1 is 1.14 bits per heavy atom. The lowest BCUT2D eigenvalue weighted by molar-refractivity contribution is 0.254. The van der Waals surface area contributed by atoms with Crippen LogP contribution in [0.25, 0.3) is 0 Å². The van der Waals surface area contributed by atoms with Crippen molar-refractivity contribution in [1.29, 1.82) is 0 Å². The lowest BCUT2D eigenvalue weighted by Gasteiger charge is -2.08. The fourth-order valence-electron chi connectivity index (χ4n) is 1.53. The number of urea groups is 1. The average molecular weight is 380 g/mol. The Morgan fingerprint density at radius 2 is 1.73 bits per heavy atom. The molecule has 0 fully saturated rings. The highest BCUT2D eigenvalue weighted by molar-refractivity contribution is 7.93. The van der Waals surface area contributed by atoms with Crippen LogP contribution in [0.5, 0.6) is 0 Å². The number of anilines is 2. The van der Waals surface area contributed by atoms with E-state index in [4.69, 9.17) is 23.2 Å². The molecule has 0 spiro atoms. The first kappa shape index (κ1) is 16.9. The molecule has 1 heterocycles. The van der Waals surface area contributed by atoms with Crippen LogP contribution in [0.1, 0.15) is 0 Å². The first-order valence-electron chi connectivity index (χ1n) is 5.88. The fraction of sp³-hybridized carbons (Fsp3) is 0.0833. The molecule has 6 nitrogen and oxygen atoms in total. The summed E-state index contributed by atoms with van der Waals surface area (Å²) in [6, 6.07) is 7.09. The number of carbonyl (C=O) groups excluding carboxylic acids is 1. The molecule has 1 aromatic heterocycles. The molecule has 0 radical (unpaired) electrons. The van der Waals surface area contributed by atoms with Crippen LogP contribution in [0.3, 0.4) is 0 Å². The number of amides is 2. The normalized spacial score (nSPS) is 11.0. The summed E-state index contributed by atoms with van der Waals surface area (Å²) in [7, 11) is -2.33. The number of rotatable bonds is 4. The van der Waals surface area contributed by atoms with Gasteiger partial charge in [0.15, 0.2) is 0 Å². The van der Waals surface area contributed by atoms with E-state index in [0.717, 1.165) is 11.3 Å². The largest absolute Gasteiger partial charge is 0.341 e. The monoisotopic (exact) mass is 379 g/mol. The van der Waals surface area contributed by atoms with Crippen LogP contribution in [0.15, 0.2) is 35.2 Å². The molecule has 0 atom stereocenters. The maximum absolute atomic E-state index is 12.2. The van der Waals surface area contributed by atoms with Gasteiger partial charge in [-0.25, -0.2) is 13.2 Å². The van der Waals surface area contributed by atoms with E-state index in [1.165, 1.54) is 25.2 Å². The van der Waals surface area contributed by atoms with Crippen molar-refractivity contribution in [3.63, 3.8) is 0 Å². The molecule has 0 aliphatic rings. The molecule has 0 aliphatic heterocycles. The number of hydrogen-bond acceptors (Lipinski definition) is 4. The molecule has 0 saturated heterocycles. The van der Waals surface area contributed by atoms with Gasteiger partial charge in [0.05, 0.1) is 4.34 Å². The number of benzene rings is 1. The van der Waals surface area contributed by atoms with Gasteiger partial charge in [-0.15, -0.1) is 11.3 Å². The summed E-state index contributed by atoms with van der Waals surface area (Å²) >= 11 is 12.6. The first-order chi connectivity index (χ1) is 10.3. The van der Waals surface area contributed by atoms with Crippen molar-refractivity contribution in [2.45, 2.75) is 4.90 Å². The van der Waals surface area contributed by atoms with Crippen molar-refractivity contribution in [3.8, 4) is 0 Å². The molecule has 22 heavy (non-hydrogen) atoms. The van der Waals surface area contributed by atoms with Crippen molar-refractivity contribution < 1.29 is 13.2 Å². The van der Waals surface area contributed by atoms with Gasteiger partial charge in [-0.1, -0.05) is 23.2 Å². The van der Waals surface area contributed by atoms with Crippen LogP contribution in [-0.4, -0.2) is 21.5 Å². The minimum Gasteiger partial charge on any atom is -0.341 e. The third-order valence-electron chi connectivity index (χ3n) is 2.54. The maximum Gasteiger partial charge on any atom is 0.318 e. The van der Waals surface area contributed by atoms with Gasteiger partial charge in [0.2, 0.25) is 0 Å². The van der Waals surface area contributed by atoms with E-state index >= 15 is 0 Å². The molecule has 118 valence electrons. The maximum atomic E-state index is 12.2. The number of nitrogens with one attached hydrogen (secondary N) is 3. The van der Waals surface area contributed by atoms with E-state index in [0.29, 0.717) is 11.4 Å². The number of halogens is 2. The molecule has 2 aromatic rings. The van der Waals surface area contributed by atoms with Gasteiger partial charge in [0.1, 0.15) is 9.23 Å². The van der Waals surface area contributed by atoms with Crippen molar-refractivity contribution in [2.24, 2.45) is 0 Å². The van der Waals surface area contributed by atoms with Crippen molar-refractivity contribution in [3.05, 3.63) is 39.0 Å². The molecule has 0 aliphatic carbocycles. The van der Waals surface area contributed by atoms with Gasteiger partial charge in [-0.05, 0) is 30.3 Å². The Labute approximate surface area is 141 Å². The van der Waals surface area contributed by atoms with E-state index in [2.05, 4.69) is 15.4 Å². The number of carbonyl (C=O) groups is 1. The number of sulfonamides is 1. The summed E-state index contributed by atoms with van der Waals surface area (Å²) < 4.78 is 27.2. The highest BCUT2D eigenvalue weighted by atomic mass is 35.5. The third kappa shape index (κ3) is 4.04. The highest BCUT2D eigenvalue weighted by Gasteiger charge is 2.21. The first-order valence-corrected chi connectivity index (χ1v) is 8.94. The van der Waals surface area contributed by atoms with Crippen LogP contribution in [0.2, 0.25) is 8.67 Å². The lowest BCUT2D eigenvalue weighted by Crippen LogP contribution is -2.24. The van der Waals surface area contributed by atoms with Crippen LogP contribution in [-0.2, 0) is 10.0 Å². The molecule has 10 heteroatoms. The quantitative estimate of drug-likeness (QED) is 0.757. The van der Waals surface area contributed by atoms with Gasteiger partial charge >= 0.3 is 6.03 Å². The summed E-state index contributed by atoms with van der Waals surface area (Å²) in [5, 5.41) is 4.97. The van der Waals surface area contributed by atoms with Gasteiger partial charge in [-0.2, -0.15) is 0 Å². The zero-order valence-electron chi connectivity index (χ0n) is 11.2. The molecule has 3 N–H and O–H groups in total. The van der Waals surface area contributed by atoms with E-state index in [9.17, 15) is 13.2 Å². The van der Waals surface area contributed by atoms with E-state index in [1.54, 1.807) is 12.1 Å². The predicted octanol–water partition coefficient (Wildman–Crippen LogP) is 3.61. The van der Waals surface area contributed by atoms with Gasteiger partial charge in [0, 0.05) is 18.4 Å². The zero-order valence-corrected chi connectivity index (χ0v) is 14.3. The molecule has 0 unspecified atom stereocenters. The second-order valence-corrected chi connectivity index (χ2v) is 8.01. The average Bonchev–Trinajstić information content (AvgIpc) is 2.80. The highest BCUT2D eigenvalue weighted by Crippen LogP contribution is 2.35. The Kier molecular flexibility index (Phi) is 5.17. The van der Waals surface area contributed by atoms with Gasteiger partial charge in [0.25, 0.3) is 10.0 Å². The summed E-state index contributed by atoms with van der Waals surface area (Å²) in [5.74, 6) is 0. The summed E-state index contributed by atoms with van der Waals surface area (Å²) in [5.41, 5.74) is 0.861. The molecule has 0 bridgehead atoms. The lowest BCUT2D eigenvalue weighted by atomic mass is 10.3. The molecule has 2 rings (SSSR count). The predicted molar refractivity (Wildman–Crippen MR) is 89.7 cm³/mol. The minimum absolute atomic E-state index is 0.0725. The Bertz CT molecular complexity index is 788. The van der Waals surface area contributed by atoms with Crippen LogP contribution < -0.4 is 15.4 Å². The molecule has 2 amide bonds. The smallest absolute Gasteiger partial charge is 0.318 e. The molecular formula is C12H11Cl2N3O3S2. The summed E-state index contributed by atoms with van der Waals surface area (Å²) in [6.45, 7) is 0. The second-order valence-electron chi connectivity index (χ2n) is 4.08. The van der Waals surface area contributed by atoms with Crippen LogP contribution in [0, 0.1) is 0 Å².